The Kier molecular flexibility index (Phi) is 3.30. The highest BCUT2D eigenvalue weighted by molar-refractivity contribution is 6.15. The maximum Gasteiger partial charge on any atom is 0.336 e. The Morgan fingerprint density at radius 2 is 1.50 bits per heavy atom. The molecule has 0 atom stereocenters. The van der Waals surface area contributed by atoms with E-state index >= 15 is 0 Å². The number of anilines is 1. The van der Waals surface area contributed by atoms with Crippen LogP contribution in [0.15, 0.2) is 36.4 Å². The molecule has 0 aliphatic carbocycles. The van der Waals surface area contributed by atoms with Gasteiger partial charge in [-0.25, -0.2) is 4.79 Å². The molecule has 0 spiro atoms. The van der Waals surface area contributed by atoms with E-state index in [9.17, 15) is 19.8 Å². The van der Waals surface area contributed by atoms with Crippen LogP contribution in [0.3, 0.4) is 0 Å². The second-order valence-corrected chi connectivity index (χ2v) is 4.11. The third-order valence-electron chi connectivity index (χ3n) is 2.79. The number of carbonyl (C=O) groups is 2. The Morgan fingerprint density at radius 1 is 0.900 bits per heavy atom. The SMILES string of the molecule is Nc1cc(C(=O)c2ccccc2C(=O)O)c(O)cc1O. The van der Waals surface area contributed by atoms with Crippen molar-refractivity contribution in [2.45, 2.75) is 0 Å². The van der Waals surface area contributed by atoms with E-state index in [2.05, 4.69) is 0 Å². The molecule has 5 N–H and O–H groups in total. The molecule has 0 aromatic heterocycles. The Balaban J connectivity index is 2.58. The maximum absolute atomic E-state index is 12.3. The van der Waals surface area contributed by atoms with Gasteiger partial charge in [0, 0.05) is 11.6 Å². The van der Waals surface area contributed by atoms with Crippen molar-refractivity contribution in [3.05, 3.63) is 53.1 Å². The first kappa shape index (κ1) is 13.4. The number of hydrogen-bond donors (Lipinski definition) is 4. The molecule has 102 valence electrons. The molecule has 6 heteroatoms. The summed E-state index contributed by atoms with van der Waals surface area (Å²) in [7, 11) is 0. The molecule has 0 aliphatic rings. The van der Waals surface area contributed by atoms with E-state index in [1.807, 2.05) is 0 Å². The van der Waals surface area contributed by atoms with Crippen molar-refractivity contribution in [1.82, 2.24) is 0 Å². The van der Waals surface area contributed by atoms with E-state index in [1.165, 1.54) is 24.3 Å². The monoisotopic (exact) mass is 273 g/mol. The number of phenols is 2. The van der Waals surface area contributed by atoms with Gasteiger partial charge in [-0.3, -0.25) is 4.79 Å². The predicted octanol–water partition coefficient (Wildman–Crippen LogP) is 1.61. The quantitative estimate of drug-likeness (QED) is 0.292. The van der Waals surface area contributed by atoms with Crippen LogP contribution in [-0.2, 0) is 0 Å². The zero-order valence-electron chi connectivity index (χ0n) is 10.2. The zero-order valence-corrected chi connectivity index (χ0v) is 10.2. The van der Waals surface area contributed by atoms with Gasteiger partial charge in [0.2, 0.25) is 0 Å². The van der Waals surface area contributed by atoms with Crippen molar-refractivity contribution < 1.29 is 24.9 Å². The summed E-state index contributed by atoms with van der Waals surface area (Å²) in [5.41, 5.74) is 4.97. The molecular formula is C14H11NO5. The topological polar surface area (TPSA) is 121 Å². The average Bonchev–Trinajstić information content (AvgIpc) is 2.42. The fraction of sp³-hybridized carbons (Fsp3) is 0. The number of aromatic carboxylic acids is 1. The first-order valence-corrected chi connectivity index (χ1v) is 5.60. The third kappa shape index (κ3) is 2.26. The van der Waals surface area contributed by atoms with E-state index in [-0.39, 0.29) is 28.1 Å². The molecule has 0 unspecified atom stereocenters. The molecule has 0 radical (unpaired) electrons. The van der Waals surface area contributed by atoms with Gasteiger partial charge in [0.05, 0.1) is 16.8 Å². The number of phenolic OH excluding ortho intramolecular Hbond substituents is 2. The van der Waals surface area contributed by atoms with Crippen molar-refractivity contribution in [2.75, 3.05) is 5.73 Å². The molecule has 0 saturated heterocycles. The number of hydrogen-bond acceptors (Lipinski definition) is 5. The lowest BCUT2D eigenvalue weighted by atomic mass is 9.97. The second kappa shape index (κ2) is 4.93. The Bertz CT molecular complexity index is 709. The van der Waals surface area contributed by atoms with Crippen LogP contribution in [-0.4, -0.2) is 27.1 Å². The minimum atomic E-state index is -1.25. The summed E-state index contributed by atoms with van der Waals surface area (Å²) in [6.07, 6.45) is 0. The Morgan fingerprint density at radius 3 is 2.10 bits per heavy atom. The molecule has 2 rings (SSSR count). The lowest BCUT2D eigenvalue weighted by Gasteiger charge is -2.08. The van der Waals surface area contributed by atoms with Crippen LogP contribution in [0.4, 0.5) is 5.69 Å². The van der Waals surface area contributed by atoms with Gasteiger partial charge in [-0.1, -0.05) is 18.2 Å². The average molecular weight is 273 g/mol. The minimum Gasteiger partial charge on any atom is -0.507 e. The van der Waals surface area contributed by atoms with Crippen LogP contribution in [0.1, 0.15) is 26.3 Å². The molecule has 2 aromatic carbocycles. The molecule has 0 heterocycles. The smallest absolute Gasteiger partial charge is 0.336 e. The van der Waals surface area contributed by atoms with Gasteiger partial charge in [0.25, 0.3) is 0 Å². The number of ketones is 1. The number of benzene rings is 2. The predicted molar refractivity (Wildman–Crippen MR) is 71.0 cm³/mol. The van der Waals surface area contributed by atoms with E-state index in [0.29, 0.717) is 0 Å². The second-order valence-electron chi connectivity index (χ2n) is 4.11. The number of nitrogens with two attached hydrogens (primary N) is 1. The van der Waals surface area contributed by atoms with Crippen molar-refractivity contribution in [3.8, 4) is 11.5 Å². The Hall–Kier alpha value is -3.02. The Labute approximate surface area is 113 Å². The van der Waals surface area contributed by atoms with Gasteiger partial charge in [-0.2, -0.15) is 0 Å². The number of carboxylic acid groups (broad SMARTS) is 1. The highest BCUT2D eigenvalue weighted by Gasteiger charge is 2.21. The van der Waals surface area contributed by atoms with E-state index in [1.54, 1.807) is 0 Å². The molecule has 0 aliphatic heterocycles. The molecule has 0 fully saturated rings. The summed E-state index contributed by atoms with van der Waals surface area (Å²) in [6.45, 7) is 0. The van der Waals surface area contributed by atoms with Crippen LogP contribution < -0.4 is 5.73 Å². The van der Waals surface area contributed by atoms with Gasteiger partial charge >= 0.3 is 5.97 Å². The minimum absolute atomic E-state index is 0.0691. The van der Waals surface area contributed by atoms with Gasteiger partial charge in [0.15, 0.2) is 5.78 Å². The molecule has 0 amide bonds. The van der Waals surface area contributed by atoms with Gasteiger partial charge in [0.1, 0.15) is 11.5 Å². The lowest BCUT2D eigenvalue weighted by molar-refractivity contribution is 0.0692. The lowest BCUT2D eigenvalue weighted by Crippen LogP contribution is -2.10. The number of rotatable bonds is 3. The van der Waals surface area contributed by atoms with Crippen LogP contribution in [0.2, 0.25) is 0 Å². The number of aromatic hydroxyl groups is 2. The van der Waals surface area contributed by atoms with Crippen LogP contribution >= 0.6 is 0 Å². The first-order valence-electron chi connectivity index (χ1n) is 5.60. The maximum atomic E-state index is 12.3. The highest BCUT2D eigenvalue weighted by Crippen LogP contribution is 2.31. The zero-order chi connectivity index (χ0) is 14.9. The fourth-order valence-electron chi connectivity index (χ4n) is 1.79. The fourth-order valence-corrected chi connectivity index (χ4v) is 1.79. The largest absolute Gasteiger partial charge is 0.507 e. The molecule has 0 bridgehead atoms. The van der Waals surface area contributed by atoms with Crippen LogP contribution in [0.25, 0.3) is 0 Å². The summed E-state index contributed by atoms with van der Waals surface area (Å²) in [4.78, 5) is 23.4. The standard InChI is InChI=1S/C14H11NO5/c15-10-5-9(11(16)6-12(10)17)13(18)7-3-1-2-4-8(7)14(19)20/h1-6,16-17H,15H2,(H,19,20). The highest BCUT2D eigenvalue weighted by atomic mass is 16.4. The van der Waals surface area contributed by atoms with Gasteiger partial charge < -0.3 is 21.1 Å². The van der Waals surface area contributed by atoms with Crippen molar-refractivity contribution in [2.24, 2.45) is 0 Å². The van der Waals surface area contributed by atoms with Gasteiger partial charge in [-0.05, 0) is 12.1 Å². The van der Waals surface area contributed by atoms with E-state index in [0.717, 1.165) is 12.1 Å². The van der Waals surface area contributed by atoms with Crippen molar-refractivity contribution in [3.63, 3.8) is 0 Å². The van der Waals surface area contributed by atoms with E-state index < -0.39 is 17.5 Å². The first-order chi connectivity index (χ1) is 9.41. The number of carbonyl (C=O) groups excluding carboxylic acids is 1. The summed E-state index contributed by atoms with van der Waals surface area (Å²) in [5.74, 6) is -2.76. The molecule has 6 nitrogen and oxygen atoms in total. The number of carboxylic acids is 1. The molecule has 20 heavy (non-hydrogen) atoms. The summed E-state index contributed by atoms with van der Waals surface area (Å²) in [5, 5.41) is 28.1. The summed E-state index contributed by atoms with van der Waals surface area (Å²) < 4.78 is 0. The van der Waals surface area contributed by atoms with Gasteiger partial charge in [-0.15, -0.1) is 0 Å². The molecular weight excluding hydrogens is 262 g/mol. The van der Waals surface area contributed by atoms with Crippen LogP contribution in [0.5, 0.6) is 11.5 Å². The van der Waals surface area contributed by atoms with E-state index in [4.69, 9.17) is 10.8 Å². The molecule has 0 saturated carbocycles. The van der Waals surface area contributed by atoms with Crippen molar-refractivity contribution >= 4 is 17.4 Å². The van der Waals surface area contributed by atoms with Crippen molar-refractivity contribution in [1.29, 1.82) is 0 Å². The normalized spacial score (nSPS) is 10.2. The number of nitrogen functional groups attached to an aromatic ring is 1. The van der Waals surface area contributed by atoms with Crippen LogP contribution in [0, 0.1) is 0 Å². The summed E-state index contributed by atoms with van der Waals surface area (Å²) in [6, 6.07) is 7.67. The molecule has 2 aromatic rings. The third-order valence-corrected chi connectivity index (χ3v) is 2.79. The summed E-state index contributed by atoms with van der Waals surface area (Å²) >= 11 is 0.